The Balaban J connectivity index is 2.04. The molecule has 1 aromatic heterocycles. The first-order valence-electron chi connectivity index (χ1n) is 8.46. The lowest BCUT2D eigenvalue weighted by atomic mass is 10.1. The van der Waals surface area contributed by atoms with Gasteiger partial charge in [0.2, 0.25) is 0 Å². The van der Waals surface area contributed by atoms with Gasteiger partial charge in [0.25, 0.3) is 5.91 Å². The third-order valence-corrected chi connectivity index (χ3v) is 5.06. The van der Waals surface area contributed by atoms with Gasteiger partial charge in [-0.05, 0) is 51.7 Å². The standard InChI is InChI=1S/C19H25N3O2S/c1-12-10-13(2)16(14(3)11-12)22-18(24)17-15(4)21-19(25-17)20-8-6-5-7-9-23/h9-11H,5-8H2,1-4H3,(H,20,21)(H,22,24). The van der Waals surface area contributed by atoms with Crippen molar-refractivity contribution >= 4 is 34.3 Å². The number of hydrogen-bond acceptors (Lipinski definition) is 5. The summed E-state index contributed by atoms with van der Waals surface area (Å²) in [6.45, 7) is 8.64. The number of hydrogen-bond donors (Lipinski definition) is 2. The maximum atomic E-state index is 12.6. The number of nitrogens with zero attached hydrogens (tertiary/aromatic N) is 1. The van der Waals surface area contributed by atoms with Crippen molar-refractivity contribution in [1.29, 1.82) is 0 Å². The summed E-state index contributed by atoms with van der Waals surface area (Å²) in [5, 5.41) is 6.99. The third-order valence-electron chi connectivity index (χ3n) is 3.94. The van der Waals surface area contributed by atoms with Crippen LogP contribution < -0.4 is 10.6 Å². The van der Waals surface area contributed by atoms with Gasteiger partial charge in [-0.25, -0.2) is 4.98 Å². The summed E-state index contributed by atoms with van der Waals surface area (Å²) in [5.41, 5.74) is 4.89. The van der Waals surface area contributed by atoms with Crippen LogP contribution in [0.3, 0.4) is 0 Å². The molecular weight excluding hydrogens is 334 g/mol. The molecule has 0 bridgehead atoms. The molecule has 0 aliphatic carbocycles. The van der Waals surface area contributed by atoms with Crippen molar-refractivity contribution in [3.8, 4) is 0 Å². The Hall–Kier alpha value is -2.21. The average molecular weight is 359 g/mol. The fraction of sp³-hybridized carbons (Fsp3) is 0.421. The summed E-state index contributed by atoms with van der Waals surface area (Å²) in [4.78, 5) is 28.0. The van der Waals surface area contributed by atoms with E-state index in [1.54, 1.807) is 0 Å². The van der Waals surface area contributed by atoms with Crippen LogP contribution in [-0.2, 0) is 4.79 Å². The highest BCUT2D eigenvalue weighted by molar-refractivity contribution is 7.17. The fourth-order valence-corrected chi connectivity index (χ4v) is 3.67. The lowest BCUT2D eigenvalue weighted by molar-refractivity contribution is -0.107. The number of nitrogens with one attached hydrogen (secondary N) is 2. The molecule has 1 aromatic carbocycles. The Bertz CT molecular complexity index is 745. The highest BCUT2D eigenvalue weighted by atomic mass is 32.1. The molecule has 6 heteroatoms. The number of unbranched alkanes of at least 4 members (excludes halogenated alkanes) is 2. The summed E-state index contributed by atoms with van der Waals surface area (Å²) in [5.74, 6) is -0.126. The number of carbonyl (C=O) groups is 2. The molecule has 2 rings (SSSR count). The topological polar surface area (TPSA) is 71.1 Å². The molecule has 0 radical (unpaired) electrons. The maximum absolute atomic E-state index is 12.6. The van der Waals surface area contributed by atoms with Gasteiger partial charge in [-0.2, -0.15) is 0 Å². The Labute approximate surface area is 152 Å². The van der Waals surface area contributed by atoms with E-state index in [0.29, 0.717) is 11.3 Å². The molecule has 0 unspecified atom stereocenters. The number of amides is 1. The van der Waals surface area contributed by atoms with Crippen LogP contribution in [0.1, 0.15) is 51.3 Å². The first kappa shape index (κ1) is 19.1. The normalized spacial score (nSPS) is 10.6. The molecule has 0 atom stereocenters. The van der Waals surface area contributed by atoms with E-state index in [-0.39, 0.29) is 5.91 Å². The number of anilines is 2. The van der Waals surface area contributed by atoms with Gasteiger partial charge < -0.3 is 15.4 Å². The van der Waals surface area contributed by atoms with Gasteiger partial charge >= 0.3 is 0 Å². The average Bonchev–Trinajstić information content (AvgIpc) is 2.91. The molecule has 134 valence electrons. The first-order chi connectivity index (χ1) is 11.9. The van der Waals surface area contributed by atoms with E-state index in [9.17, 15) is 9.59 Å². The Morgan fingerprint density at radius 3 is 2.48 bits per heavy atom. The third kappa shape index (κ3) is 5.13. The van der Waals surface area contributed by atoms with Gasteiger partial charge in [0, 0.05) is 18.7 Å². The van der Waals surface area contributed by atoms with Crippen molar-refractivity contribution < 1.29 is 9.59 Å². The molecular formula is C19H25N3O2S. The zero-order valence-corrected chi connectivity index (χ0v) is 16.0. The second kappa shape index (κ2) is 8.76. The molecule has 0 saturated heterocycles. The molecule has 5 nitrogen and oxygen atoms in total. The van der Waals surface area contributed by atoms with E-state index >= 15 is 0 Å². The minimum atomic E-state index is -0.126. The highest BCUT2D eigenvalue weighted by Gasteiger charge is 2.17. The molecule has 0 aliphatic rings. The predicted molar refractivity (Wildman–Crippen MR) is 104 cm³/mol. The summed E-state index contributed by atoms with van der Waals surface area (Å²) >= 11 is 1.36. The zero-order chi connectivity index (χ0) is 18.4. The minimum Gasteiger partial charge on any atom is -0.361 e. The van der Waals surface area contributed by atoms with E-state index in [2.05, 4.69) is 27.8 Å². The van der Waals surface area contributed by atoms with Crippen molar-refractivity contribution in [2.24, 2.45) is 0 Å². The number of aldehydes is 1. The SMILES string of the molecule is Cc1cc(C)c(NC(=O)c2sc(NCCCCC=O)nc2C)c(C)c1. The Kier molecular flexibility index (Phi) is 6.70. The quantitative estimate of drug-likeness (QED) is 0.541. The van der Waals surface area contributed by atoms with E-state index in [4.69, 9.17) is 0 Å². The van der Waals surface area contributed by atoms with Crippen LogP contribution in [0.25, 0.3) is 0 Å². The molecule has 0 saturated carbocycles. The van der Waals surface area contributed by atoms with Crippen molar-refractivity contribution in [2.75, 3.05) is 17.2 Å². The molecule has 1 heterocycles. The van der Waals surface area contributed by atoms with E-state index in [1.165, 1.54) is 16.9 Å². The van der Waals surface area contributed by atoms with E-state index in [1.807, 2.05) is 27.7 Å². The second-order valence-electron chi connectivity index (χ2n) is 6.25. The molecule has 1 amide bonds. The Morgan fingerprint density at radius 1 is 1.16 bits per heavy atom. The van der Waals surface area contributed by atoms with Crippen LogP contribution in [-0.4, -0.2) is 23.7 Å². The molecule has 2 N–H and O–H groups in total. The summed E-state index contributed by atoms with van der Waals surface area (Å²) in [6.07, 6.45) is 3.29. The molecule has 0 fully saturated rings. The number of benzene rings is 1. The van der Waals surface area contributed by atoms with Gasteiger partial charge in [0.15, 0.2) is 5.13 Å². The van der Waals surface area contributed by atoms with Crippen LogP contribution in [0.4, 0.5) is 10.8 Å². The lowest BCUT2D eigenvalue weighted by Gasteiger charge is -2.12. The fourth-order valence-electron chi connectivity index (χ4n) is 2.78. The second-order valence-corrected chi connectivity index (χ2v) is 7.25. The van der Waals surface area contributed by atoms with Gasteiger partial charge in [0.05, 0.1) is 5.69 Å². The number of aromatic nitrogens is 1. The Morgan fingerprint density at radius 2 is 1.84 bits per heavy atom. The number of aryl methyl sites for hydroxylation is 4. The van der Waals surface area contributed by atoms with Crippen LogP contribution in [0, 0.1) is 27.7 Å². The van der Waals surface area contributed by atoms with E-state index < -0.39 is 0 Å². The predicted octanol–water partition coefficient (Wildman–Crippen LogP) is 4.41. The van der Waals surface area contributed by atoms with Crippen molar-refractivity contribution in [3.63, 3.8) is 0 Å². The van der Waals surface area contributed by atoms with Crippen LogP contribution in [0.5, 0.6) is 0 Å². The molecule has 0 aliphatic heterocycles. The summed E-state index contributed by atoms with van der Waals surface area (Å²) in [6, 6.07) is 4.13. The number of thiazole rings is 1. The summed E-state index contributed by atoms with van der Waals surface area (Å²) < 4.78 is 0. The smallest absolute Gasteiger partial charge is 0.267 e. The monoisotopic (exact) mass is 359 g/mol. The lowest BCUT2D eigenvalue weighted by Crippen LogP contribution is -2.13. The van der Waals surface area contributed by atoms with E-state index in [0.717, 1.165) is 53.3 Å². The first-order valence-corrected chi connectivity index (χ1v) is 9.28. The largest absolute Gasteiger partial charge is 0.361 e. The molecule has 2 aromatic rings. The van der Waals surface area contributed by atoms with Crippen molar-refractivity contribution in [3.05, 3.63) is 39.4 Å². The van der Waals surface area contributed by atoms with Crippen LogP contribution in [0.15, 0.2) is 12.1 Å². The zero-order valence-electron chi connectivity index (χ0n) is 15.2. The maximum Gasteiger partial charge on any atom is 0.267 e. The van der Waals surface area contributed by atoms with Crippen LogP contribution >= 0.6 is 11.3 Å². The van der Waals surface area contributed by atoms with Gasteiger partial charge in [0.1, 0.15) is 11.2 Å². The minimum absolute atomic E-state index is 0.126. The number of carbonyl (C=O) groups excluding carboxylic acids is 2. The highest BCUT2D eigenvalue weighted by Crippen LogP contribution is 2.26. The summed E-state index contributed by atoms with van der Waals surface area (Å²) in [7, 11) is 0. The molecule has 0 spiro atoms. The molecule has 25 heavy (non-hydrogen) atoms. The van der Waals surface area contributed by atoms with Gasteiger partial charge in [-0.3, -0.25) is 4.79 Å². The number of rotatable bonds is 8. The van der Waals surface area contributed by atoms with Gasteiger partial charge in [-0.15, -0.1) is 0 Å². The van der Waals surface area contributed by atoms with Crippen LogP contribution in [0.2, 0.25) is 0 Å². The van der Waals surface area contributed by atoms with Gasteiger partial charge in [-0.1, -0.05) is 29.0 Å². The van der Waals surface area contributed by atoms with Crippen molar-refractivity contribution in [2.45, 2.75) is 47.0 Å². The van der Waals surface area contributed by atoms with Crippen molar-refractivity contribution in [1.82, 2.24) is 4.98 Å².